The van der Waals surface area contributed by atoms with Gasteiger partial charge in [-0.15, -0.1) is 0 Å². The number of aromatic hydroxyl groups is 1. The predicted octanol–water partition coefficient (Wildman–Crippen LogP) is 2.26. The number of rotatable bonds is 4. The molecule has 1 aliphatic rings. The van der Waals surface area contributed by atoms with Crippen LogP contribution in [0.25, 0.3) is 10.9 Å². The Hall–Kier alpha value is -1.52. The van der Waals surface area contributed by atoms with Crippen molar-refractivity contribution in [1.82, 2.24) is 9.88 Å². The van der Waals surface area contributed by atoms with E-state index in [1.165, 1.54) is 0 Å². The Kier molecular flexibility index (Phi) is 3.68. The average molecular weight is 274 g/mol. The minimum Gasteiger partial charge on any atom is -0.507 e. The molecule has 4 heteroatoms. The predicted molar refractivity (Wildman–Crippen MR) is 79.9 cm³/mol. The zero-order valence-corrected chi connectivity index (χ0v) is 11.8. The minimum absolute atomic E-state index is 0.270. The first-order chi connectivity index (χ1) is 9.66. The number of aromatic amines is 1. The van der Waals surface area contributed by atoms with Crippen molar-refractivity contribution in [1.29, 1.82) is 0 Å². The Bertz CT molecular complexity index is 591. The molecule has 1 aromatic heterocycles. The Labute approximate surface area is 119 Å². The maximum absolute atomic E-state index is 10.00. The van der Waals surface area contributed by atoms with E-state index in [-0.39, 0.29) is 12.1 Å². The van der Waals surface area contributed by atoms with Crippen LogP contribution in [0.3, 0.4) is 0 Å². The highest BCUT2D eigenvalue weighted by Crippen LogP contribution is 2.28. The summed E-state index contributed by atoms with van der Waals surface area (Å²) in [6, 6.07) is 5.84. The lowest BCUT2D eigenvalue weighted by molar-refractivity contribution is 0.0874. The van der Waals surface area contributed by atoms with Crippen LogP contribution in [0.2, 0.25) is 0 Å². The van der Waals surface area contributed by atoms with Crippen LogP contribution in [0.5, 0.6) is 5.75 Å². The molecule has 3 rings (SSSR count). The van der Waals surface area contributed by atoms with Crippen molar-refractivity contribution >= 4 is 10.9 Å². The van der Waals surface area contributed by atoms with E-state index in [0.717, 1.165) is 48.8 Å². The van der Waals surface area contributed by atoms with Crippen LogP contribution < -0.4 is 0 Å². The average Bonchev–Trinajstić information content (AvgIpc) is 3.03. The number of hydrogen-bond donors (Lipinski definition) is 3. The van der Waals surface area contributed by atoms with E-state index < -0.39 is 0 Å². The molecule has 0 radical (unpaired) electrons. The highest BCUT2D eigenvalue weighted by Gasteiger charge is 2.27. The lowest BCUT2D eigenvalue weighted by Gasteiger charge is -2.26. The van der Waals surface area contributed by atoms with Crippen molar-refractivity contribution < 1.29 is 10.2 Å². The third-order valence-electron chi connectivity index (χ3n) is 4.40. The van der Waals surface area contributed by atoms with Crippen LogP contribution in [-0.4, -0.2) is 45.3 Å². The molecule has 108 valence electrons. The molecular weight excluding hydrogens is 252 g/mol. The Morgan fingerprint density at radius 2 is 2.30 bits per heavy atom. The topological polar surface area (TPSA) is 59.5 Å². The van der Waals surface area contributed by atoms with Gasteiger partial charge < -0.3 is 15.2 Å². The maximum Gasteiger partial charge on any atom is 0.125 e. The second-order valence-electron chi connectivity index (χ2n) is 5.75. The fourth-order valence-electron chi connectivity index (χ4n) is 3.37. The van der Waals surface area contributed by atoms with Crippen LogP contribution in [0.4, 0.5) is 0 Å². The molecule has 2 heterocycles. The molecular formula is C16H22N2O2. The van der Waals surface area contributed by atoms with Gasteiger partial charge >= 0.3 is 0 Å². The largest absolute Gasteiger partial charge is 0.507 e. The van der Waals surface area contributed by atoms with E-state index in [0.29, 0.717) is 5.75 Å². The van der Waals surface area contributed by atoms with Gasteiger partial charge in [0, 0.05) is 29.7 Å². The lowest BCUT2D eigenvalue weighted by atomic mass is 10.1. The summed E-state index contributed by atoms with van der Waals surface area (Å²) in [6.45, 7) is 3.86. The second-order valence-corrected chi connectivity index (χ2v) is 5.75. The Morgan fingerprint density at radius 1 is 1.45 bits per heavy atom. The van der Waals surface area contributed by atoms with Crippen molar-refractivity contribution in [3.8, 4) is 5.75 Å². The van der Waals surface area contributed by atoms with Gasteiger partial charge in [-0.05, 0) is 50.4 Å². The standard InChI is InChI=1S/C16H22N2O2/c1-11(19)14-5-3-8-18(14)9-7-12-10-17-13-4-2-6-15(20)16(12)13/h2,4,6,10-11,14,17,19-20H,3,5,7-9H2,1H3/t11-,14+/m1/s1. The van der Waals surface area contributed by atoms with E-state index >= 15 is 0 Å². The van der Waals surface area contributed by atoms with Gasteiger partial charge in [-0.2, -0.15) is 0 Å². The van der Waals surface area contributed by atoms with E-state index in [2.05, 4.69) is 9.88 Å². The normalized spacial score (nSPS) is 21.6. The molecule has 2 atom stereocenters. The first kappa shape index (κ1) is 13.5. The smallest absolute Gasteiger partial charge is 0.125 e. The van der Waals surface area contributed by atoms with E-state index in [1.54, 1.807) is 6.07 Å². The maximum atomic E-state index is 10.00. The first-order valence-corrected chi connectivity index (χ1v) is 7.37. The summed E-state index contributed by atoms with van der Waals surface area (Å²) < 4.78 is 0. The zero-order valence-electron chi connectivity index (χ0n) is 11.8. The SMILES string of the molecule is C[C@@H](O)[C@@H]1CCCN1CCc1c[nH]c2cccc(O)c12. The number of aliphatic hydroxyl groups is 1. The van der Waals surface area contributed by atoms with Crippen molar-refractivity contribution in [2.24, 2.45) is 0 Å². The molecule has 20 heavy (non-hydrogen) atoms. The lowest BCUT2D eigenvalue weighted by Crippen LogP contribution is -2.38. The molecule has 0 bridgehead atoms. The van der Waals surface area contributed by atoms with Crippen LogP contribution >= 0.6 is 0 Å². The first-order valence-electron chi connectivity index (χ1n) is 7.37. The Balaban J connectivity index is 1.74. The summed E-state index contributed by atoms with van der Waals surface area (Å²) in [7, 11) is 0. The summed E-state index contributed by atoms with van der Waals surface area (Å²) in [4.78, 5) is 5.58. The van der Waals surface area contributed by atoms with Gasteiger partial charge in [0.15, 0.2) is 0 Å². The summed E-state index contributed by atoms with van der Waals surface area (Å²) in [5, 5.41) is 20.7. The molecule has 3 N–H and O–H groups in total. The third kappa shape index (κ3) is 2.41. The van der Waals surface area contributed by atoms with Crippen LogP contribution in [0.15, 0.2) is 24.4 Å². The number of hydrogen-bond acceptors (Lipinski definition) is 3. The number of fused-ring (bicyclic) bond motifs is 1. The number of phenolic OH excluding ortho intramolecular Hbond substituents is 1. The number of phenols is 1. The fraction of sp³-hybridized carbons (Fsp3) is 0.500. The number of nitrogens with zero attached hydrogens (tertiary/aromatic N) is 1. The van der Waals surface area contributed by atoms with Crippen LogP contribution in [0.1, 0.15) is 25.3 Å². The van der Waals surface area contributed by atoms with Gasteiger partial charge in [0.1, 0.15) is 5.75 Å². The molecule has 1 fully saturated rings. The number of likely N-dealkylation sites (tertiary alicyclic amines) is 1. The zero-order chi connectivity index (χ0) is 14.1. The number of benzene rings is 1. The molecule has 0 unspecified atom stereocenters. The third-order valence-corrected chi connectivity index (χ3v) is 4.40. The van der Waals surface area contributed by atoms with E-state index in [9.17, 15) is 10.2 Å². The van der Waals surface area contributed by atoms with Gasteiger partial charge in [0.25, 0.3) is 0 Å². The highest BCUT2D eigenvalue weighted by molar-refractivity contribution is 5.88. The van der Waals surface area contributed by atoms with Crippen molar-refractivity contribution in [3.63, 3.8) is 0 Å². The minimum atomic E-state index is -0.270. The molecule has 1 aromatic carbocycles. The van der Waals surface area contributed by atoms with Gasteiger partial charge in [0.2, 0.25) is 0 Å². The molecule has 0 amide bonds. The summed E-state index contributed by atoms with van der Waals surface area (Å²) >= 11 is 0. The highest BCUT2D eigenvalue weighted by atomic mass is 16.3. The molecule has 4 nitrogen and oxygen atoms in total. The fourth-order valence-corrected chi connectivity index (χ4v) is 3.37. The second kappa shape index (κ2) is 5.46. The van der Waals surface area contributed by atoms with Crippen molar-refractivity contribution in [3.05, 3.63) is 30.0 Å². The van der Waals surface area contributed by atoms with E-state index in [1.807, 2.05) is 25.3 Å². The summed E-state index contributed by atoms with van der Waals surface area (Å²) in [5.41, 5.74) is 2.13. The molecule has 0 spiro atoms. The van der Waals surface area contributed by atoms with Crippen LogP contribution in [-0.2, 0) is 6.42 Å². The number of nitrogens with one attached hydrogen (secondary N) is 1. The number of H-pyrrole nitrogens is 1. The van der Waals surface area contributed by atoms with Gasteiger partial charge in [-0.25, -0.2) is 0 Å². The molecule has 0 aliphatic carbocycles. The summed E-state index contributed by atoms with van der Waals surface area (Å²) in [5.74, 6) is 0.340. The number of aliphatic hydroxyl groups excluding tert-OH is 1. The van der Waals surface area contributed by atoms with Crippen molar-refractivity contribution in [2.45, 2.75) is 38.3 Å². The molecule has 0 saturated carbocycles. The monoisotopic (exact) mass is 274 g/mol. The van der Waals surface area contributed by atoms with Gasteiger partial charge in [0.05, 0.1) is 6.10 Å². The van der Waals surface area contributed by atoms with Gasteiger partial charge in [-0.1, -0.05) is 6.07 Å². The van der Waals surface area contributed by atoms with Crippen LogP contribution in [0, 0.1) is 0 Å². The quantitative estimate of drug-likeness (QED) is 0.801. The molecule has 2 aromatic rings. The molecule has 1 aliphatic heterocycles. The van der Waals surface area contributed by atoms with Crippen molar-refractivity contribution in [2.75, 3.05) is 13.1 Å². The number of aromatic nitrogens is 1. The Morgan fingerprint density at radius 3 is 3.10 bits per heavy atom. The van der Waals surface area contributed by atoms with Gasteiger partial charge in [-0.3, -0.25) is 4.90 Å². The molecule has 1 saturated heterocycles. The van der Waals surface area contributed by atoms with E-state index in [4.69, 9.17) is 0 Å². The summed E-state index contributed by atoms with van der Waals surface area (Å²) in [6.07, 6.45) is 4.85.